The Hall–Kier alpha value is -2.30. The summed E-state index contributed by atoms with van der Waals surface area (Å²) < 4.78 is 6.37. The smallest absolute Gasteiger partial charge is 0.415 e. The first-order chi connectivity index (χ1) is 8.78. The van der Waals surface area contributed by atoms with Gasteiger partial charge in [-0.1, -0.05) is 0 Å². The number of fused-ring (bicyclic) bond motifs is 1. The van der Waals surface area contributed by atoms with Crippen molar-refractivity contribution in [3.05, 3.63) is 36.0 Å². The van der Waals surface area contributed by atoms with Gasteiger partial charge in [0, 0.05) is 11.6 Å². The lowest BCUT2D eigenvalue weighted by atomic mass is 10.1. The maximum Gasteiger partial charge on any atom is 0.415 e. The second kappa shape index (κ2) is 4.42. The fourth-order valence-electron chi connectivity index (χ4n) is 1.77. The van der Waals surface area contributed by atoms with Crippen molar-refractivity contribution in [3.8, 4) is 0 Å². The molecule has 5 heteroatoms. The molecule has 0 aliphatic rings. The Bertz CT molecular complexity index is 649. The summed E-state index contributed by atoms with van der Waals surface area (Å²) in [7, 11) is 0. The second-order valence-electron chi connectivity index (χ2n) is 5.24. The van der Waals surface area contributed by atoms with E-state index >= 15 is 0 Å². The third-order valence-corrected chi connectivity index (χ3v) is 2.53. The Morgan fingerprint density at radius 3 is 2.47 bits per heavy atom. The minimum absolute atomic E-state index is 0.408. The largest absolute Gasteiger partial charge is 0.464 e. The lowest BCUT2D eigenvalue weighted by Gasteiger charge is -2.19. The van der Waals surface area contributed by atoms with Gasteiger partial charge in [-0.2, -0.15) is 0 Å². The van der Waals surface area contributed by atoms with Crippen LogP contribution in [0.5, 0.6) is 0 Å². The highest BCUT2D eigenvalue weighted by molar-refractivity contribution is 5.96. The van der Waals surface area contributed by atoms with Crippen molar-refractivity contribution < 1.29 is 19.4 Å². The number of esters is 1. The number of ether oxygens (including phenoxy) is 1. The molecule has 0 fully saturated rings. The van der Waals surface area contributed by atoms with Crippen molar-refractivity contribution in [1.82, 2.24) is 4.57 Å². The van der Waals surface area contributed by atoms with E-state index in [9.17, 15) is 9.59 Å². The standard InChI is InChI=1S/C14H15NO4/c1-14(2,3)19-12(16)10-4-5-11-9(8-10)6-7-15(11)13(17)18/h4-8H,1-3H3,(H,17,18). The molecular weight excluding hydrogens is 246 g/mol. The van der Waals surface area contributed by atoms with Crippen LogP contribution < -0.4 is 0 Å². The van der Waals surface area contributed by atoms with Gasteiger partial charge in [0.2, 0.25) is 0 Å². The zero-order valence-corrected chi connectivity index (χ0v) is 11.0. The zero-order valence-electron chi connectivity index (χ0n) is 11.0. The molecule has 1 aromatic carbocycles. The summed E-state index contributed by atoms with van der Waals surface area (Å²) in [5.74, 6) is -0.419. The Morgan fingerprint density at radius 1 is 1.21 bits per heavy atom. The van der Waals surface area contributed by atoms with Crippen molar-refractivity contribution >= 4 is 23.0 Å². The highest BCUT2D eigenvalue weighted by atomic mass is 16.6. The topological polar surface area (TPSA) is 68.5 Å². The van der Waals surface area contributed by atoms with E-state index in [1.807, 2.05) is 0 Å². The van der Waals surface area contributed by atoms with Gasteiger partial charge >= 0.3 is 12.1 Å². The summed E-state index contributed by atoms with van der Waals surface area (Å²) in [6.45, 7) is 5.39. The molecule has 1 N–H and O–H groups in total. The van der Waals surface area contributed by atoms with Crippen LogP contribution in [-0.2, 0) is 4.74 Å². The minimum atomic E-state index is -1.06. The maximum atomic E-state index is 11.9. The normalized spacial score (nSPS) is 11.5. The van der Waals surface area contributed by atoms with Crippen LogP contribution >= 0.6 is 0 Å². The summed E-state index contributed by atoms with van der Waals surface area (Å²) in [4.78, 5) is 22.9. The number of hydrogen-bond acceptors (Lipinski definition) is 3. The molecule has 2 rings (SSSR count). The third kappa shape index (κ3) is 2.76. The van der Waals surface area contributed by atoms with E-state index in [-0.39, 0.29) is 0 Å². The molecule has 2 aromatic rings. The predicted octanol–water partition coefficient (Wildman–Crippen LogP) is 3.12. The van der Waals surface area contributed by atoms with E-state index in [4.69, 9.17) is 9.84 Å². The summed E-state index contributed by atoms with van der Waals surface area (Å²) in [5, 5.41) is 9.66. The zero-order chi connectivity index (χ0) is 14.2. The number of carbonyl (C=O) groups is 2. The Kier molecular flexibility index (Phi) is 3.06. The summed E-state index contributed by atoms with van der Waals surface area (Å²) in [5.41, 5.74) is 0.393. The summed E-state index contributed by atoms with van der Waals surface area (Å²) >= 11 is 0. The van der Waals surface area contributed by atoms with E-state index in [0.717, 1.165) is 4.57 Å². The molecule has 0 unspecified atom stereocenters. The average Bonchev–Trinajstić information content (AvgIpc) is 2.68. The van der Waals surface area contributed by atoms with Crippen molar-refractivity contribution in [1.29, 1.82) is 0 Å². The Balaban J connectivity index is 2.38. The monoisotopic (exact) mass is 261 g/mol. The van der Waals surface area contributed by atoms with Gasteiger partial charge in [-0.05, 0) is 45.0 Å². The molecule has 0 amide bonds. The van der Waals surface area contributed by atoms with Crippen molar-refractivity contribution in [2.45, 2.75) is 26.4 Å². The van der Waals surface area contributed by atoms with Gasteiger partial charge in [0.05, 0.1) is 11.1 Å². The molecule has 0 saturated carbocycles. The summed E-state index contributed by atoms with van der Waals surface area (Å²) in [6.07, 6.45) is 0.395. The van der Waals surface area contributed by atoms with Crippen molar-refractivity contribution in [2.75, 3.05) is 0 Å². The maximum absolute atomic E-state index is 11.9. The Labute approximate surface area is 110 Å². The lowest BCUT2D eigenvalue weighted by Crippen LogP contribution is -2.23. The van der Waals surface area contributed by atoms with Crippen LogP contribution in [0.15, 0.2) is 30.5 Å². The number of carboxylic acid groups (broad SMARTS) is 1. The van der Waals surface area contributed by atoms with Gasteiger partial charge < -0.3 is 9.84 Å². The number of nitrogens with zero attached hydrogens (tertiary/aromatic N) is 1. The highest BCUT2D eigenvalue weighted by Crippen LogP contribution is 2.19. The van der Waals surface area contributed by atoms with Gasteiger partial charge in [0.15, 0.2) is 0 Å². The molecule has 1 heterocycles. The molecule has 0 atom stereocenters. The van der Waals surface area contributed by atoms with Crippen LogP contribution in [0.3, 0.4) is 0 Å². The SMILES string of the molecule is CC(C)(C)OC(=O)c1ccc2c(ccn2C(=O)O)c1. The first-order valence-corrected chi connectivity index (χ1v) is 5.86. The first-order valence-electron chi connectivity index (χ1n) is 5.86. The van der Waals surface area contributed by atoms with E-state index in [2.05, 4.69) is 0 Å². The molecule has 5 nitrogen and oxygen atoms in total. The molecule has 0 aliphatic carbocycles. The van der Waals surface area contributed by atoms with Crippen LogP contribution in [0.25, 0.3) is 10.9 Å². The number of carbonyl (C=O) groups excluding carboxylic acids is 1. The van der Waals surface area contributed by atoms with E-state index in [1.54, 1.807) is 45.0 Å². The van der Waals surface area contributed by atoms with Gasteiger partial charge in [0.1, 0.15) is 5.60 Å². The fourth-order valence-corrected chi connectivity index (χ4v) is 1.77. The molecule has 0 bridgehead atoms. The van der Waals surface area contributed by atoms with Gasteiger partial charge in [0.25, 0.3) is 0 Å². The fraction of sp³-hybridized carbons (Fsp3) is 0.286. The molecule has 0 spiro atoms. The third-order valence-electron chi connectivity index (χ3n) is 2.53. The predicted molar refractivity (Wildman–Crippen MR) is 70.5 cm³/mol. The number of benzene rings is 1. The van der Waals surface area contributed by atoms with E-state index in [1.165, 1.54) is 6.20 Å². The molecule has 0 radical (unpaired) electrons. The van der Waals surface area contributed by atoms with Crippen LogP contribution in [0, 0.1) is 0 Å². The Morgan fingerprint density at radius 2 is 1.89 bits per heavy atom. The van der Waals surface area contributed by atoms with Crippen molar-refractivity contribution in [2.24, 2.45) is 0 Å². The average molecular weight is 261 g/mol. The lowest BCUT2D eigenvalue weighted by molar-refractivity contribution is 0.00697. The number of hydrogen-bond donors (Lipinski definition) is 1. The van der Waals surface area contributed by atoms with E-state index < -0.39 is 17.7 Å². The molecule has 1 aromatic heterocycles. The van der Waals surface area contributed by atoms with Crippen LogP contribution in [0.4, 0.5) is 4.79 Å². The van der Waals surface area contributed by atoms with Crippen molar-refractivity contribution in [3.63, 3.8) is 0 Å². The van der Waals surface area contributed by atoms with Gasteiger partial charge in [-0.15, -0.1) is 0 Å². The highest BCUT2D eigenvalue weighted by Gasteiger charge is 2.18. The first kappa shape index (κ1) is 13.1. The second-order valence-corrected chi connectivity index (χ2v) is 5.24. The molecule has 0 saturated heterocycles. The van der Waals surface area contributed by atoms with Gasteiger partial charge in [-0.3, -0.25) is 4.57 Å². The number of aromatic nitrogens is 1. The van der Waals surface area contributed by atoms with Crippen LogP contribution in [0.1, 0.15) is 31.1 Å². The molecule has 100 valence electrons. The minimum Gasteiger partial charge on any atom is -0.464 e. The van der Waals surface area contributed by atoms with Crippen LogP contribution in [0.2, 0.25) is 0 Å². The van der Waals surface area contributed by atoms with Gasteiger partial charge in [-0.25, -0.2) is 9.59 Å². The quantitative estimate of drug-likeness (QED) is 0.801. The number of rotatable bonds is 1. The molecule has 0 aliphatic heterocycles. The molecule has 19 heavy (non-hydrogen) atoms. The van der Waals surface area contributed by atoms with E-state index in [0.29, 0.717) is 16.5 Å². The summed E-state index contributed by atoms with van der Waals surface area (Å²) in [6, 6.07) is 6.44. The van der Waals surface area contributed by atoms with Crippen LogP contribution in [-0.4, -0.2) is 27.3 Å². The molecular formula is C14H15NO4.